The van der Waals surface area contributed by atoms with Crippen LogP contribution in [-0.4, -0.2) is 70.6 Å². The molecule has 0 radical (unpaired) electrons. The number of aliphatic imine (C=N–C) groups is 1. The van der Waals surface area contributed by atoms with Gasteiger partial charge in [-0.3, -0.25) is 4.79 Å². The first-order valence-electron chi connectivity index (χ1n) is 10.7. The van der Waals surface area contributed by atoms with Crippen molar-refractivity contribution in [2.24, 2.45) is 4.99 Å². The summed E-state index contributed by atoms with van der Waals surface area (Å²) < 4.78 is 21.9. The lowest BCUT2D eigenvalue weighted by Crippen LogP contribution is -2.42. The van der Waals surface area contributed by atoms with Crippen molar-refractivity contribution in [3.05, 3.63) is 18.2 Å². The molecular weight excluding hydrogens is 400 g/mol. The summed E-state index contributed by atoms with van der Waals surface area (Å²) in [5, 5.41) is 9.40. The minimum Gasteiger partial charge on any atom is -0.490 e. The molecule has 0 saturated heterocycles. The molecule has 9 nitrogen and oxygen atoms in total. The van der Waals surface area contributed by atoms with Crippen molar-refractivity contribution < 1.29 is 23.7 Å². The van der Waals surface area contributed by atoms with Crippen molar-refractivity contribution in [1.29, 1.82) is 0 Å². The summed E-state index contributed by atoms with van der Waals surface area (Å²) in [6, 6.07) is 5.64. The molecule has 0 atom stereocenters. The fraction of sp³-hybridized carbons (Fsp3) is 0.636. The van der Waals surface area contributed by atoms with E-state index in [0.29, 0.717) is 51.3 Å². The second-order valence-electron chi connectivity index (χ2n) is 8.19. The second-order valence-corrected chi connectivity index (χ2v) is 8.19. The van der Waals surface area contributed by atoms with Crippen LogP contribution in [-0.2, 0) is 14.3 Å². The monoisotopic (exact) mass is 436 g/mol. The lowest BCUT2D eigenvalue weighted by atomic mass is 10.1. The van der Waals surface area contributed by atoms with E-state index in [1.807, 2.05) is 39.0 Å². The van der Waals surface area contributed by atoms with Crippen molar-refractivity contribution in [1.82, 2.24) is 10.6 Å². The van der Waals surface area contributed by atoms with Crippen LogP contribution >= 0.6 is 0 Å². The maximum absolute atomic E-state index is 12.2. The van der Waals surface area contributed by atoms with E-state index >= 15 is 0 Å². The zero-order valence-electron chi connectivity index (χ0n) is 19.1. The van der Waals surface area contributed by atoms with Crippen molar-refractivity contribution >= 4 is 17.6 Å². The van der Waals surface area contributed by atoms with E-state index in [4.69, 9.17) is 18.9 Å². The molecule has 0 aromatic heterocycles. The number of ether oxygens (including phenoxy) is 4. The molecule has 0 aliphatic carbocycles. The van der Waals surface area contributed by atoms with Gasteiger partial charge >= 0.3 is 0 Å². The van der Waals surface area contributed by atoms with Crippen molar-refractivity contribution in [3.63, 3.8) is 0 Å². The number of hydrogen-bond donors (Lipinski definition) is 3. The molecule has 0 bridgehead atoms. The molecule has 1 aromatic rings. The summed E-state index contributed by atoms with van der Waals surface area (Å²) in [5.41, 5.74) is 0.490. The molecule has 0 unspecified atom stereocenters. The second kappa shape index (κ2) is 13.0. The zero-order valence-corrected chi connectivity index (χ0v) is 19.1. The van der Waals surface area contributed by atoms with Gasteiger partial charge in [0.25, 0.3) is 0 Å². The Kier molecular flexibility index (Phi) is 10.4. The standard InChI is InChI=1S/C22H36N4O5/c1-22(2,3)26-20(27)16-24-21(23-9-5-10-29-14-13-28-4)25-17-7-8-18-19(15-17)31-12-6-11-30-18/h7-8,15H,5-6,9-14,16H2,1-4H3,(H,26,27)(H2,23,24,25). The Morgan fingerprint density at radius 3 is 2.65 bits per heavy atom. The van der Waals surface area contributed by atoms with E-state index in [1.54, 1.807) is 7.11 Å². The summed E-state index contributed by atoms with van der Waals surface area (Å²) in [7, 11) is 1.65. The lowest BCUT2D eigenvalue weighted by molar-refractivity contribution is -0.121. The van der Waals surface area contributed by atoms with Crippen LogP contribution in [0.2, 0.25) is 0 Å². The molecule has 9 heteroatoms. The summed E-state index contributed by atoms with van der Waals surface area (Å²) in [5.74, 6) is 1.79. The van der Waals surface area contributed by atoms with Crippen molar-refractivity contribution in [3.8, 4) is 11.5 Å². The van der Waals surface area contributed by atoms with Gasteiger partial charge in [0.15, 0.2) is 17.5 Å². The first-order valence-corrected chi connectivity index (χ1v) is 10.7. The Morgan fingerprint density at radius 2 is 1.90 bits per heavy atom. The number of carbonyl (C=O) groups excluding carboxylic acids is 1. The number of fused-ring (bicyclic) bond motifs is 1. The molecule has 0 saturated carbocycles. The average Bonchev–Trinajstić information content (AvgIpc) is 2.95. The SMILES string of the molecule is COCCOCCCNC(=NCC(=O)NC(C)(C)C)Nc1ccc2c(c1)OCCCO2. The van der Waals surface area contributed by atoms with E-state index in [0.717, 1.165) is 24.3 Å². The third-order valence-corrected chi connectivity index (χ3v) is 4.10. The minimum atomic E-state index is -0.304. The first kappa shape index (κ1) is 24.7. The van der Waals surface area contributed by atoms with Crippen LogP contribution in [0, 0.1) is 0 Å². The van der Waals surface area contributed by atoms with Crippen LogP contribution < -0.4 is 25.4 Å². The Hall–Kier alpha value is -2.52. The van der Waals surface area contributed by atoms with Crippen LogP contribution in [0.4, 0.5) is 5.69 Å². The van der Waals surface area contributed by atoms with Gasteiger partial charge in [0.1, 0.15) is 6.54 Å². The fourth-order valence-corrected chi connectivity index (χ4v) is 2.75. The Bertz CT molecular complexity index is 718. The van der Waals surface area contributed by atoms with E-state index in [-0.39, 0.29) is 18.0 Å². The number of amides is 1. The predicted octanol–water partition coefficient (Wildman–Crippen LogP) is 2.17. The molecule has 1 aliphatic rings. The van der Waals surface area contributed by atoms with Crippen molar-refractivity contribution in [2.75, 3.05) is 58.6 Å². The number of anilines is 1. The smallest absolute Gasteiger partial charge is 0.242 e. The van der Waals surface area contributed by atoms with E-state index in [1.165, 1.54) is 0 Å². The third-order valence-electron chi connectivity index (χ3n) is 4.10. The molecule has 2 rings (SSSR count). The number of benzene rings is 1. The summed E-state index contributed by atoms with van der Waals surface area (Å²) in [4.78, 5) is 16.6. The fourth-order valence-electron chi connectivity index (χ4n) is 2.75. The van der Waals surface area contributed by atoms with E-state index in [9.17, 15) is 4.79 Å². The molecule has 0 fully saturated rings. The molecule has 1 aliphatic heterocycles. The third kappa shape index (κ3) is 10.4. The Balaban J connectivity index is 1.96. The molecular formula is C22H36N4O5. The Morgan fingerprint density at radius 1 is 1.13 bits per heavy atom. The number of hydrogen-bond acceptors (Lipinski definition) is 6. The highest BCUT2D eigenvalue weighted by Gasteiger charge is 2.14. The van der Waals surface area contributed by atoms with Gasteiger partial charge in [-0.2, -0.15) is 0 Å². The topological polar surface area (TPSA) is 102 Å². The first-order chi connectivity index (χ1) is 14.9. The molecule has 0 spiro atoms. The number of nitrogens with zero attached hydrogens (tertiary/aromatic N) is 1. The predicted molar refractivity (Wildman–Crippen MR) is 121 cm³/mol. The summed E-state index contributed by atoms with van der Waals surface area (Å²) in [6.07, 6.45) is 1.64. The van der Waals surface area contributed by atoms with E-state index in [2.05, 4.69) is 20.9 Å². The van der Waals surface area contributed by atoms with E-state index < -0.39 is 0 Å². The average molecular weight is 437 g/mol. The van der Waals surface area contributed by atoms with Gasteiger partial charge in [-0.15, -0.1) is 0 Å². The van der Waals surface area contributed by atoms with Crippen molar-refractivity contribution in [2.45, 2.75) is 39.2 Å². The number of carbonyl (C=O) groups is 1. The van der Waals surface area contributed by atoms with Gasteiger partial charge < -0.3 is 34.9 Å². The van der Waals surface area contributed by atoms with Gasteiger partial charge in [-0.05, 0) is 39.3 Å². The highest BCUT2D eigenvalue weighted by Crippen LogP contribution is 2.32. The van der Waals surface area contributed by atoms with Crippen LogP contribution in [0.15, 0.2) is 23.2 Å². The minimum absolute atomic E-state index is 0.0154. The number of nitrogens with one attached hydrogen (secondary N) is 3. The summed E-state index contributed by atoms with van der Waals surface area (Å²) in [6.45, 7) is 9.49. The summed E-state index contributed by atoms with van der Waals surface area (Å²) >= 11 is 0. The maximum atomic E-state index is 12.2. The molecule has 174 valence electrons. The molecule has 31 heavy (non-hydrogen) atoms. The van der Waals surface area contributed by atoms with Gasteiger partial charge in [-0.1, -0.05) is 0 Å². The van der Waals surface area contributed by atoms with Crippen LogP contribution in [0.3, 0.4) is 0 Å². The molecule has 1 heterocycles. The molecule has 3 N–H and O–H groups in total. The Labute approximate surface area is 184 Å². The normalized spacial score (nSPS) is 14.0. The van der Waals surface area contributed by atoms with Gasteiger partial charge in [-0.25, -0.2) is 4.99 Å². The lowest BCUT2D eigenvalue weighted by Gasteiger charge is -2.20. The molecule has 1 aromatic carbocycles. The quantitative estimate of drug-likeness (QED) is 0.293. The van der Waals surface area contributed by atoms with Gasteiger partial charge in [0.2, 0.25) is 5.91 Å². The van der Waals surface area contributed by atoms with Crippen LogP contribution in [0.1, 0.15) is 33.6 Å². The van der Waals surface area contributed by atoms with Crippen LogP contribution in [0.25, 0.3) is 0 Å². The largest absolute Gasteiger partial charge is 0.490 e. The number of guanidine groups is 1. The number of methoxy groups -OCH3 is 1. The number of rotatable bonds is 10. The van der Waals surface area contributed by atoms with Gasteiger partial charge in [0.05, 0.1) is 26.4 Å². The van der Waals surface area contributed by atoms with Crippen LogP contribution in [0.5, 0.6) is 11.5 Å². The highest BCUT2D eigenvalue weighted by atomic mass is 16.5. The molecule has 1 amide bonds. The van der Waals surface area contributed by atoms with Gasteiger partial charge in [0, 0.05) is 44.0 Å². The zero-order chi connectivity index (χ0) is 22.5. The maximum Gasteiger partial charge on any atom is 0.242 e. The highest BCUT2D eigenvalue weighted by molar-refractivity contribution is 5.95.